The number of benzene rings is 2. The van der Waals surface area contributed by atoms with Crippen molar-refractivity contribution >= 4 is 30.0 Å². The van der Waals surface area contributed by atoms with Crippen LogP contribution in [0.4, 0.5) is 4.39 Å². The molecule has 3 aromatic rings. The third-order valence-corrected chi connectivity index (χ3v) is 3.77. The first-order valence-electron chi connectivity index (χ1n) is 7.89. The summed E-state index contributed by atoms with van der Waals surface area (Å²) in [6.45, 7) is 0.0829. The molecule has 1 heterocycles. The molecule has 11 heteroatoms. The molecule has 8 nitrogen and oxygen atoms in total. The van der Waals surface area contributed by atoms with Crippen LogP contribution >= 0.6 is 24.0 Å². The second kappa shape index (κ2) is 9.45. The number of hydrogen-bond donors (Lipinski definition) is 2. The lowest BCUT2D eigenvalue weighted by molar-refractivity contribution is -0.137. The van der Waals surface area contributed by atoms with E-state index < -0.39 is 17.8 Å². The maximum atomic E-state index is 14.3. The Bertz CT molecular complexity index is 952. The number of rotatable bonds is 7. The summed E-state index contributed by atoms with van der Waals surface area (Å²) in [4.78, 5) is 11.8. The van der Waals surface area contributed by atoms with Crippen LogP contribution in [0, 0.1) is 5.82 Å². The van der Waals surface area contributed by atoms with Crippen molar-refractivity contribution in [3.05, 3.63) is 53.3 Å². The Morgan fingerprint density at radius 1 is 1.29 bits per heavy atom. The number of nitrogens with zero attached hydrogens (tertiary/aromatic N) is 4. The quantitative estimate of drug-likeness (QED) is 0.594. The molecule has 2 aromatic carbocycles. The highest BCUT2D eigenvalue weighted by atomic mass is 35.5. The third-order valence-electron chi connectivity index (χ3n) is 3.52. The lowest BCUT2D eigenvalue weighted by Crippen LogP contribution is -2.30. The van der Waals surface area contributed by atoms with Gasteiger partial charge in [-0.15, -0.1) is 22.6 Å². The van der Waals surface area contributed by atoms with Crippen molar-refractivity contribution in [1.82, 2.24) is 20.2 Å². The smallest absolute Gasteiger partial charge is 0.304 e. The predicted molar refractivity (Wildman–Crippen MR) is 102 cm³/mol. The monoisotopic (exact) mass is 427 g/mol. The molecule has 3 rings (SSSR count). The lowest BCUT2D eigenvalue weighted by atomic mass is 10.2. The van der Waals surface area contributed by atoms with Crippen molar-refractivity contribution in [2.75, 3.05) is 0 Å². The van der Waals surface area contributed by atoms with Crippen molar-refractivity contribution in [2.45, 2.75) is 19.0 Å². The number of hydrogen-bond acceptors (Lipinski definition) is 6. The van der Waals surface area contributed by atoms with E-state index in [1.54, 1.807) is 30.3 Å². The Morgan fingerprint density at radius 2 is 2.00 bits per heavy atom. The van der Waals surface area contributed by atoms with Crippen LogP contribution < -0.4 is 10.5 Å². The van der Waals surface area contributed by atoms with Crippen LogP contribution in [0.25, 0.3) is 11.4 Å². The average molecular weight is 428 g/mol. The summed E-state index contributed by atoms with van der Waals surface area (Å²) >= 11 is 5.80. The lowest BCUT2D eigenvalue weighted by Gasteiger charge is -2.07. The fourth-order valence-corrected chi connectivity index (χ4v) is 2.41. The van der Waals surface area contributed by atoms with Crippen molar-refractivity contribution in [2.24, 2.45) is 5.73 Å². The fourth-order valence-electron chi connectivity index (χ4n) is 2.29. The van der Waals surface area contributed by atoms with Gasteiger partial charge in [-0.25, -0.2) is 4.39 Å². The molecular formula is C17H16Cl2FN5O3. The number of aromatic nitrogens is 4. The van der Waals surface area contributed by atoms with Gasteiger partial charge in [-0.2, -0.15) is 4.80 Å². The molecule has 0 saturated heterocycles. The zero-order valence-electron chi connectivity index (χ0n) is 14.3. The number of ether oxygens (including phenoxy) is 1. The third kappa shape index (κ3) is 5.62. The summed E-state index contributed by atoms with van der Waals surface area (Å²) in [5.74, 6) is -0.934. The van der Waals surface area contributed by atoms with Crippen LogP contribution in [0.3, 0.4) is 0 Å². The molecule has 1 aromatic heterocycles. The standard InChI is InChI=1S/C17H15ClFN5O3.ClH/c18-11-2-4-13(5-3-11)27-15-6-1-10(7-14(15)19)17-21-23-24(22-17)9-12(20)8-16(25)26;/h1-7,12H,8-9,20H2,(H,25,26);1H/t12-;/m0./s1. The Balaban J connectivity index is 0.00000280. The minimum absolute atomic E-state index is 0. The Hall–Kier alpha value is -2.75. The minimum atomic E-state index is -1.01. The van der Waals surface area contributed by atoms with Gasteiger partial charge in [-0.05, 0) is 47.7 Å². The number of aliphatic carboxylic acids is 1. The van der Waals surface area contributed by atoms with Crippen LogP contribution in [-0.4, -0.2) is 37.3 Å². The van der Waals surface area contributed by atoms with Gasteiger partial charge in [-0.1, -0.05) is 11.6 Å². The molecule has 0 aliphatic rings. The SMILES string of the molecule is Cl.N[C@@H](CC(=O)O)Cn1nnc(-c2ccc(Oc3ccc(Cl)cc3)c(F)c2)n1. The summed E-state index contributed by atoms with van der Waals surface area (Å²) in [6.07, 6.45) is -0.220. The largest absolute Gasteiger partial charge is 0.481 e. The van der Waals surface area contributed by atoms with Crippen LogP contribution in [0.1, 0.15) is 6.42 Å². The van der Waals surface area contributed by atoms with E-state index in [1.807, 2.05) is 0 Å². The molecule has 28 heavy (non-hydrogen) atoms. The first-order valence-corrected chi connectivity index (χ1v) is 8.27. The minimum Gasteiger partial charge on any atom is -0.481 e. The van der Waals surface area contributed by atoms with Gasteiger partial charge in [-0.3, -0.25) is 4.79 Å². The Kier molecular flexibility index (Phi) is 7.27. The first-order chi connectivity index (χ1) is 12.9. The van der Waals surface area contributed by atoms with Gasteiger partial charge >= 0.3 is 5.97 Å². The highest BCUT2D eigenvalue weighted by Crippen LogP contribution is 2.28. The van der Waals surface area contributed by atoms with E-state index >= 15 is 0 Å². The predicted octanol–water partition coefficient (Wildman–Crippen LogP) is 3.15. The summed E-state index contributed by atoms with van der Waals surface area (Å²) in [5, 5.41) is 21.0. The normalized spacial score (nSPS) is 11.5. The number of halogens is 3. The van der Waals surface area contributed by atoms with Crippen LogP contribution in [-0.2, 0) is 11.3 Å². The van der Waals surface area contributed by atoms with Gasteiger partial charge in [0.15, 0.2) is 11.6 Å². The number of tetrazole rings is 1. The molecule has 1 atom stereocenters. The van der Waals surface area contributed by atoms with Crippen molar-refractivity contribution in [3.63, 3.8) is 0 Å². The van der Waals surface area contributed by atoms with Gasteiger partial charge in [0.2, 0.25) is 5.82 Å². The average Bonchev–Trinajstić information content (AvgIpc) is 3.06. The molecule has 0 bridgehead atoms. The molecule has 0 unspecified atom stereocenters. The van der Waals surface area contributed by atoms with Crippen molar-refractivity contribution in [1.29, 1.82) is 0 Å². The number of carboxylic acids is 1. The Morgan fingerprint density at radius 3 is 2.64 bits per heavy atom. The van der Waals surface area contributed by atoms with Gasteiger partial charge < -0.3 is 15.6 Å². The number of nitrogens with two attached hydrogens (primary N) is 1. The van der Waals surface area contributed by atoms with Gasteiger partial charge in [0, 0.05) is 16.6 Å². The van der Waals surface area contributed by atoms with E-state index in [0.29, 0.717) is 16.3 Å². The molecule has 0 fully saturated rings. The maximum Gasteiger partial charge on any atom is 0.304 e. The van der Waals surface area contributed by atoms with Gasteiger partial charge in [0.1, 0.15) is 5.75 Å². The molecule has 0 aliphatic heterocycles. The molecule has 0 saturated carbocycles. The second-order valence-electron chi connectivity index (χ2n) is 5.73. The Labute approximate surface area is 170 Å². The maximum absolute atomic E-state index is 14.3. The highest BCUT2D eigenvalue weighted by Gasteiger charge is 2.14. The van der Waals surface area contributed by atoms with E-state index in [4.69, 9.17) is 27.2 Å². The highest BCUT2D eigenvalue weighted by molar-refractivity contribution is 6.30. The molecule has 0 aliphatic carbocycles. The second-order valence-corrected chi connectivity index (χ2v) is 6.16. The molecule has 3 N–H and O–H groups in total. The zero-order chi connectivity index (χ0) is 19.4. The molecule has 0 amide bonds. The van der Waals surface area contributed by atoms with E-state index in [-0.39, 0.29) is 36.9 Å². The molecule has 0 radical (unpaired) electrons. The van der Waals surface area contributed by atoms with E-state index in [2.05, 4.69) is 15.4 Å². The van der Waals surface area contributed by atoms with Gasteiger partial charge in [0.25, 0.3) is 0 Å². The summed E-state index contributed by atoms with van der Waals surface area (Å²) in [5.41, 5.74) is 6.08. The van der Waals surface area contributed by atoms with Crippen LogP contribution in [0.2, 0.25) is 5.02 Å². The molecule has 0 spiro atoms. The van der Waals surface area contributed by atoms with E-state index in [1.165, 1.54) is 16.9 Å². The van der Waals surface area contributed by atoms with Crippen molar-refractivity contribution in [3.8, 4) is 22.9 Å². The van der Waals surface area contributed by atoms with E-state index in [9.17, 15) is 9.18 Å². The molecular weight excluding hydrogens is 412 g/mol. The van der Waals surface area contributed by atoms with Crippen LogP contribution in [0.15, 0.2) is 42.5 Å². The summed E-state index contributed by atoms with van der Waals surface area (Å²) in [6, 6.07) is 10.1. The number of carbonyl (C=O) groups is 1. The first kappa shape index (κ1) is 21.5. The van der Waals surface area contributed by atoms with Gasteiger partial charge in [0.05, 0.1) is 13.0 Å². The zero-order valence-corrected chi connectivity index (χ0v) is 15.9. The topological polar surface area (TPSA) is 116 Å². The van der Waals surface area contributed by atoms with E-state index in [0.717, 1.165) is 0 Å². The van der Waals surface area contributed by atoms with Crippen LogP contribution in [0.5, 0.6) is 11.5 Å². The number of carboxylic acid groups (broad SMARTS) is 1. The van der Waals surface area contributed by atoms with Crippen molar-refractivity contribution < 1.29 is 19.0 Å². The summed E-state index contributed by atoms with van der Waals surface area (Å²) < 4.78 is 19.8. The molecule has 148 valence electrons. The fraction of sp³-hybridized carbons (Fsp3) is 0.176. The summed E-state index contributed by atoms with van der Waals surface area (Å²) in [7, 11) is 0.